The van der Waals surface area contributed by atoms with E-state index in [1.54, 1.807) is 18.2 Å². The number of pyridine rings is 1. The van der Waals surface area contributed by atoms with E-state index in [2.05, 4.69) is 10.4 Å². The summed E-state index contributed by atoms with van der Waals surface area (Å²) in [6, 6.07) is 14.5. The number of allylic oxidation sites excluding steroid dienone is 2. The molecule has 18 heteroatoms. The summed E-state index contributed by atoms with van der Waals surface area (Å²) in [6.07, 6.45) is -2.70. The number of benzene rings is 3. The molecule has 58 heavy (non-hydrogen) atoms. The quantitative estimate of drug-likeness (QED) is 0.114. The number of hydrogen-bond acceptors (Lipinski definition) is 10. The number of carbonyl (C=O) groups excluding carboxylic acids is 4. The lowest BCUT2D eigenvalue weighted by molar-refractivity contribution is -0.139. The number of carboxylic acids is 1. The highest BCUT2D eigenvalue weighted by molar-refractivity contribution is 6.33. The third kappa shape index (κ3) is 5.75. The highest BCUT2D eigenvalue weighted by Gasteiger charge is 2.70. The molecule has 1 aromatic heterocycles. The van der Waals surface area contributed by atoms with Crippen LogP contribution in [0.5, 0.6) is 17.2 Å². The van der Waals surface area contributed by atoms with E-state index in [0.717, 1.165) is 17.0 Å². The number of hydrazine groups is 1. The first-order valence-electron chi connectivity index (χ1n) is 17.6. The zero-order chi connectivity index (χ0) is 41.6. The van der Waals surface area contributed by atoms with Crippen molar-refractivity contribution in [3.05, 3.63) is 117 Å². The first-order chi connectivity index (χ1) is 27.5. The predicted octanol–water partition coefficient (Wildman–Crippen LogP) is 6.71. The van der Waals surface area contributed by atoms with Crippen LogP contribution < -0.4 is 15.1 Å². The van der Waals surface area contributed by atoms with Crippen LogP contribution >= 0.6 is 23.2 Å². The molecule has 6 atom stereocenters. The average Bonchev–Trinajstić information content (AvgIpc) is 3.56. The number of alkyl halides is 3. The maximum Gasteiger partial charge on any atom is 0.417 e. The van der Waals surface area contributed by atoms with Crippen LogP contribution in [0.25, 0.3) is 0 Å². The summed E-state index contributed by atoms with van der Waals surface area (Å²) in [5.74, 6) is -11.0. The molecule has 0 radical (unpaired) electrons. The van der Waals surface area contributed by atoms with Gasteiger partial charge in [-0.25, -0.2) is 14.7 Å². The van der Waals surface area contributed by atoms with Crippen molar-refractivity contribution in [2.45, 2.75) is 30.4 Å². The molecule has 13 nitrogen and oxygen atoms in total. The van der Waals surface area contributed by atoms with E-state index in [4.69, 9.17) is 27.9 Å². The lowest BCUT2D eigenvalue weighted by Crippen LogP contribution is -2.53. The third-order valence-corrected chi connectivity index (χ3v) is 12.1. The molecule has 3 fully saturated rings. The van der Waals surface area contributed by atoms with Crippen molar-refractivity contribution in [2.75, 3.05) is 17.4 Å². The summed E-state index contributed by atoms with van der Waals surface area (Å²) < 4.78 is 45.9. The number of phenolic OH excluding ortho intramolecular Hbond substituents is 1. The number of methoxy groups -OCH3 is 1. The minimum absolute atomic E-state index is 0.0129. The number of fused-ring (bicyclic) bond motifs is 4. The number of aromatic nitrogens is 1. The van der Waals surface area contributed by atoms with E-state index in [-0.39, 0.29) is 30.0 Å². The second-order valence-corrected chi connectivity index (χ2v) is 15.2. The van der Waals surface area contributed by atoms with Gasteiger partial charge in [0.05, 0.1) is 46.6 Å². The highest BCUT2D eigenvalue weighted by atomic mass is 35.5. The fourth-order valence-electron chi connectivity index (χ4n) is 9.13. The van der Waals surface area contributed by atoms with Crippen LogP contribution in [0.4, 0.5) is 24.7 Å². The van der Waals surface area contributed by atoms with Crippen LogP contribution in [0.2, 0.25) is 10.0 Å². The van der Waals surface area contributed by atoms with Gasteiger partial charge in [-0.15, -0.1) is 0 Å². The molecule has 2 aliphatic heterocycles. The van der Waals surface area contributed by atoms with Crippen molar-refractivity contribution in [1.29, 1.82) is 0 Å². The molecule has 1 saturated carbocycles. The van der Waals surface area contributed by atoms with E-state index in [9.17, 15) is 47.7 Å². The molecule has 4 aromatic rings. The lowest BCUT2D eigenvalue weighted by atomic mass is 9.49. The van der Waals surface area contributed by atoms with E-state index >= 15 is 4.79 Å². The van der Waals surface area contributed by atoms with Crippen molar-refractivity contribution in [2.24, 2.45) is 23.7 Å². The molecule has 3 aromatic carbocycles. The number of nitrogens with one attached hydrogen (secondary N) is 1. The zero-order valence-corrected chi connectivity index (χ0v) is 31.3. The SMILES string of the molecule is COc1cc(C2C3=CCC4C(=O)N(c5ccc(C(=O)O)c(O)c5)C(=O)C4C3CC3C(=O)N(Nc4ncc(C(F)(F)F)cc4Cl)C(=O)C32c2ccc(Cl)cc2)ccc1O. The molecule has 3 heterocycles. The number of carbonyl (C=O) groups is 5. The summed E-state index contributed by atoms with van der Waals surface area (Å²) in [7, 11) is 1.32. The number of aromatic carboxylic acids is 1. The number of anilines is 2. The monoisotopic (exact) mass is 836 g/mol. The topological polar surface area (TPSA) is 187 Å². The Morgan fingerprint density at radius 2 is 1.66 bits per heavy atom. The Hall–Kier alpha value is -6.13. The van der Waals surface area contributed by atoms with E-state index in [1.807, 2.05) is 0 Å². The fourth-order valence-corrected chi connectivity index (χ4v) is 9.46. The van der Waals surface area contributed by atoms with Gasteiger partial charge in [0.2, 0.25) is 11.8 Å². The van der Waals surface area contributed by atoms with Gasteiger partial charge in [-0.3, -0.25) is 24.6 Å². The molecule has 2 aliphatic carbocycles. The molecule has 0 bridgehead atoms. The molecule has 4 N–H and O–H groups in total. The van der Waals surface area contributed by atoms with Crippen LogP contribution in [0.3, 0.4) is 0 Å². The summed E-state index contributed by atoms with van der Waals surface area (Å²) in [5.41, 5.74) is 0.250. The molecule has 4 aliphatic rings. The standard InChI is InChI=1S/C40H29Cl2F3N4O9/c1-58-30-12-17(2-11-28(30)50)32-22-9-10-24-31(36(54)48(34(24)52)21-7-8-23(37(55)56)29(51)14-21)25(22)15-26-35(53)49(38(57)39(26,32)18-3-5-20(41)6-4-18)47-33-27(42)13-19(16-46-33)40(43,44)45/h2-9,11-14,16,24-26,31-32,50-51H,10,15H2,1H3,(H,46,47)(H,55,56). The van der Waals surface area contributed by atoms with Crippen LogP contribution in [-0.4, -0.2) is 62.0 Å². The lowest BCUT2D eigenvalue weighted by Gasteiger charge is -2.50. The van der Waals surface area contributed by atoms with E-state index in [1.165, 1.54) is 43.5 Å². The Balaban J connectivity index is 1.30. The second kappa shape index (κ2) is 13.8. The van der Waals surface area contributed by atoms with Crippen molar-refractivity contribution < 1.29 is 57.2 Å². The number of phenols is 2. The number of halogens is 5. The smallest absolute Gasteiger partial charge is 0.417 e. The van der Waals surface area contributed by atoms with Gasteiger partial charge in [0, 0.05) is 23.2 Å². The molecule has 0 spiro atoms. The fraction of sp³-hybridized carbons (Fsp3) is 0.250. The first kappa shape index (κ1) is 38.7. The Kier molecular flexibility index (Phi) is 9.19. The van der Waals surface area contributed by atoms with Crippen molar-refractivity contribution in [3.8, 4) is 17.2 Å². The molecule has 2 saturated heterocycles. The Morgan fingerprint density at radius 1 is 0.931 bits per heavy atom. The minimum Gasteiger partial charge on any atom is -0.507 e. The number of ether oxygens (including phenoxy) is 1. The van der Waals surface area contributed by atoms with Crippen LogP contribution in [0, 0.1) is 23.7 Å². The van der Waals surface area contributed by atoms with Gasteiger partial charge in [-0.1, -0.05) is 53.1 Å². The van der Waals surface area contributed by atoms with Crippen molar-refractivity contribution in [1.82, 2.24) is 9.99 Å². The van der Waals surface area contributed by atoms with Crippen LogP contribution in [-0.2, 0) is 30.8 Å². The van der Waals surface area contributed by atoms with Gasteiger partial charge >= 0.3 is 12.1 Å². The van der Waals surface area contributed by atoms with Gasteiger partial charge in [-0.05, 0) is 72.4 Å². The first-order valence-corrected chi connectivity index (χ1v) is 18.4. The predicted molar refractivity (Wildman–Crippen MR) is 199 cm³/mol. The van der Waals surface area contributed by atoms with Crippen LogP contribution in [0.15, 0.2) is 84.6 Å². The van der Waals surface area contributed by atoms with Crippen LogP contribution in [0.1, 0.15) is 45.8 Å². The molecule has 6 unspecified atom stereocenters. The van der Waals surface area contributed by atoms with Gasteiger partial charge in [0.1, 0.15) is 11.3 Å². The highest BCUT2D eigenvalue weighted by Crippen LogP contribution is 2.64. The molecule has 8 rings (SSSR count). The molecular weight excluding hydrogens is 808 g/mol. The van der Waals surface area contributed by atoms with E-state index in [0.29, 0.717) is 39.0 Å². The van der Waals surface area contributed by atoms with Gasteiger partial charge < -0.3 is 20.1 Å². The maximum atomic E-state index is 15.3. The number of aromatic hydroxyl groups is 2. The van der Waals surface area contributed by atoms with Crippen molar-refractivity contribution >= 4 is 64.3 Å². The summed E-state index contributed by atoms with van der Waals surface area (Å²) >= 11 is 12.5. The maximum absolute atomic E-state index is 15.3. The number of amides is 4. The second-order valence-electron chi connectivity index (χ2n) is 14.4. The van der Waals surface area contributed by atoms with Gasteiger partial charge in [0.15, 0.2) is 17.3 Å². The Bertz CT molecular complexity index is 2500. The zero-order valence-electron chi connectivity index (χ0n) is 29.8. The summed E-state index contributed by atoms with van der Waals surface area (Å²) in [6.45, 7) is 0. The average molecular weight is 838 g/mol. The third-order valence-electron chi connectivity index (χ3n) is 11.6. The Morgan fingerprint density at radius 3 is 2.29 bits per heavy atom. The number of carboxylic acid groups (broad SMARTS) is 1. The summed E-state index contributed by atoms with van der Waals surface area (Å²) in [4.78, 5) is 75.0. The molecular formula is C40H29Cl2F3N4O9. The minimum atomic E-state index is -4.79. The van der Waals surface area contributed by atoms with E-state index < -0.39 is 98.5 Å². The van der Waals surface area contributed by atoms with Gasteiger partial charge in [-0.2, -0.15) is 18.2 Å². The Labute approximate surface area is 336 Å². The number of imide groups is 2. The number of nitrogens with zero attached hydrogens (tertiary/aromatic N) is 3. The molecule has 4 amide bonds. The molecule has 298 valence electrons. The van der Waals surface area contributed by atoms with Gasteiger partial charge in [0.25, 0.3) is 11.8 Å². The number of rotatable bonds is 7. The summed E-state index contributed by atoms with van der Waals surface area (Å²) in [5, 5.41) is 30.9. The van der Waals surface area contributed by atoms with Crippen molar-refractivity contribution in [3.63, 3.8) is 0 Å². The largest absolute Gasteiger partial charge is 0.507 e. The normalized spacial score (nSPS) is 25.3. The number of hydrogen-bond donors (Lipinski definition) is 4.